The van der Waals surface area contributed by atoms with Crippen LogP contribution < -0.4 is 19.3 Å². The van der Waals surface area contributed by atoms with Crippen LogP contribution in [0.4, 0.5) is 15.8 Å². The average molecular weight is 425 g/mol. The van der Waals surface area contributed by atoms with Gasteiger partial charge >= 0.3 is 0 Å². The highest BCUT2D eigenvalue weighted by atomic mass is 19.1. The van der Waals surface area contributed by atoms with Gasteiger partial charge in [0.15, 0.2) is 11.5 Å². The maximum absolute atomic E-state index is 13.1. The molecule has 3 heterocycles. The Morgan fingerprint density at radius 3 is 2.32 bits per heavy atom. The number of piperazine rings is 1. The highest BCUT2D eigenvalue weighted by molar-refractivity contribution is 6.00. The van der Waals surface area contributed by atoms with Crippen LogP contribution >= 0.6 is 0 Å². The monoisotopic (exact) mass is 425 g/mol. The Bertz CT molecular complexity index is 989. The molecular formula is C23H24FN3O4. The summed E-state index contributed by atoms with van der Waals surface area (Å²) in [6.45, 7) is 3.91. The average Bonchev–Trinajstić information content (AvgIpc) is 3.20. The number of fused-ring (bicyclic) bond motifs is 1. The molecule has 31 heavy (non-hydrogen) atoms. The number of hydrogen-bond acceptors (Lipinski definition) is 5. The Labute approximate surface area is 179 Å². The number of anilines is 2. The van der Waals surface area contributed by atoms with Crippen LogP contribution in [0.25, 0.3) is 0 Å². The summed E-state index contributed by atoms with van der Waals surface area (Å²) in [6, 6.07) is 11.9. The number of rotatable bonds is 3. The molecule has 2 amide bonds. The van der Waals surface area contributed by atoms with Crippen LogP contribution in [0.3, 0.4) is 0 Å². The van der Waals surface area contributed by atoms with Gasteiger partial charge in [0.2, 0.25) is 11.8 Å². The molecule has 3 aliphatic heterocycles. The Hall–Kier alpha value is -3.29. The predicted octanol–water partition coefficient (Wildman–Crippen LogP) is 2.30. The Morgan fingerprint density at radius 1 is 0.903 bits per heavy atom. The van der Waals surface area contributed by atoms with Crippen LogP contribution in [-0.2, 0) is 9.59 Å². The van der Waals surface area contributed by atoms with E-state index in [0.29, 0.717) is 57.4 Å². The van der Waals surface area contributed by atoms with E-state index in [4.69, 9.17) is 9.47 Å². The number of benzene rings is 2. The smallest absolute Gasteiger partial charge is 0.228 e. The van der Waals surface area contributed by atoms with Gasteiger partial charge in [0.1, 0.15) is 19.0 Å². The van der Waals surface area contributed by atoms with Crippen molar-refractivity contribution in [3.05, 3.63) is 48.3 Å². The van der Waals surface area contributed by atoms with Crippen molar-refractivity contribution < 1.29 is 23.5 Å². The van der Waals surface area contributed by atoms with Gasteiger partial charge in [0.05, 0.1) is 5.92 Å². The molecule has 0 aliphatic carbocycles. The minimum atomic E-state index is -0.349. The molecule has 7 nitrogen and oxygen atoms in total. The molecule has 0 aromatic heterocycles. The fraction of sp³-hybridized carbons (Fsp3) is 0.391. The van der Waals surface area contributed by atoms with E-state index in [-0.39, 0.29) is 30.0 Å². The molecule has 0 spiro atoms. The van der Waals surface area contributed by atoms with E-state index < -0.39 is 0 Å². The Kier molecular flexibility index (Phi) is 5.13. The van der Waals surface area contributed by atoms with E-state index in [1.807, 2.05) is 11.0 Å². The summed E-state index contributed by atoms with van der Waals surface area (Å²) in [5.41, 5.74) is 1.68. The number of nitrogens with zero attached hydrogens (tertiary/aromatic N) is 3. The van der Waals surface area contributed by atoms with Crippen molar-refractivity contribution in [3.63, 3.8) is 0 Å². The molecule has 1 atom stereocenters. The van der Waals surface area contributed by atoms with E-state index in [1.54, 1.807) is 29.2 Å². The molecule has 0 N–H and O–H groups in total. The topological polar surface area (TPSA) is 62.3 Å². The lowest BCUT2D eigenvalue weighted by Crippen LogP contribution is -2.50. The molecule has 8 heteroatoms. The minimum Gasteiger partial charge on any atom is -0.486 e. The number of carbonyl (C=O) groups excluding carboxylic acids is 2. The molecule has 5 rings (SSSR count). The fourth-order valence-electron chi connectivity index (χ4n) is 4.42. The van der Waals surface area contributed by atoms with E-state index >= 15 is 0 Å². The van der Waals surface area contributed by atoms with Gasteiger partial charge in [0.25, 0.3) is 0 Å². The first-order valence-corrected chi connectivity index (χ1v) is 10.6. The largest absolute Gasteiger partial charge is 0.486 e. The number of amides is 2. The standard InChI is InChI=1S/C23H24FN3O4/c24-17-1-3-18(4-2-17)25-7-9-26(10-8-25)23(29)16-13-22(28)27(15-16)19-5-6-20-21(14-19)31-12-11-30-20/h1-6,14,16H,7-13,15H2. The third-order valence-electron chi connectivity index (χ3n) is 6.09. The van der Waals surface area contributed by atoms with Crippen molar-refractivity contribution in [2.75, 3.05) is 55.7 Å². The summed E-state index contributed by atoms with van der Waals surface area (Å²) in [6.07, 6.45) is 0.214. The van der Waals surface area contributed by atoms with Crippen molar-refractivity contribution >= 4 is 23.2 Å². The number of carbonyl (C=O) groups is 2. The van der Waals surface area contributed by atoms with Crippen LogP contribution in [0.2, 0.25) is 0 Å². The maximum Gasteiger partial charge on any atom is 0.228 e. The SMILES string of the molecule is O=C(C1CC(=O)N(c2ccc3c(c2)OCCO3)C1)N1CCN(c2ccc(F)cc2)CC1. The molecule has 0 bridgehead atoms. The Morgan fingerprint density at radius 2 is 1.58 bits per heavy atom. The number of ether oxygens (including phenoxy) is 2. The zero-order chi connectivity index (χ0) is 21.4. The summed E-state index contributed by atoms with van der Waals surface area (Å²) in [5.74, 6) is 0.660. The second kappa shape index (κ2) is 8.09. The first-order chi connectivity index (χ1) is 15.1. The normalized spacial score (nSPS) is 20.9. The van der Waals surface area contributed by atoms with Crippen LogP contribution in [0.5, 0.6) is 11.5 Å². The summed E-state index contributed by atoms with van der Waals surface area (Å²) >= 11 is 0. The first kappa shape index (κ1) is 19.7. The van der Waals surface area contributed by atoms with Crippen LogP contribution in [-0.4, -0.2) is 62.7 Å². The molecule has 2 saturated heterocycles. The van der Waals surface area contributed by atoms with Gasteiger partial charge in [-0.1, -0.05) is 0 Å². The Balaban J connectivity index is 1.21. The van der Waals surface area contributed by atoms with E-state index in [2.05, 4.69) is 4.90 Å². The van der Waals surface area contributed by atoms with Crippen LogP contribution in [0.15, 0.2) is 42.5 Å². The molecule has 1 unspecified atom stereocenters. The molecule has 2 fully saturated rings. The zero-order valence-electron chi connectivity index (χ0n) is 17.1. The predicted molar refractivity (Wildman–Crippen MR) is 113 cm³/mol. The first-order valence-electron chi connectivity index (χ1n) is 10.6. The summed E-state index contributed by atoms with van der Waals surface area (Å²) in [5, 5.41) is 0. The molecule has 2 aromatic carbocycles. The molecule has 0 saturated carbocycles. The van der Waals surface area contributed by atoms with Gasteiger partial charge in [-0.3, -0.25) is 9.59 Å². The van der Waals surface area contributed by atoms with Crippen molar-refractivity contribution in [2.24, 2.45) is 5.92 Å². The molecule has 0 radical (unpaired) electrons. The fourth-order valence-corrected chi connectivity index (χ4v) is 4.42. The van der Waals surface area contributed by atoms with Crippen molar-refractivity contribution in [1.29, 1.82) is 0 Å². The van der Waals surface area contributed by atoms with Crippen molar-refractivity contribution in [2.45, 2.75) is 6.42 Å². The number of hydrogen-bond donors (Lipinski definition) is 0. The number of halogens is 1. The second-order valence-electron chi connectivity index (χ2n) is 8.02. The third kappa shape index (κ3) is 3.89. The van der Waals surface area contributed by atoms with Gasteiger partial charge < -0.3 is 24.2 Å². The molecule has 162 valence electrons. The van der Waals surface area contributed by atoms with Crippen molar-refractivity contribution in [3.8, 4) is 11.5 Å². The summed E-state index contributed by atoms with van der Waals surface area (Å²) < 4.78 is 24.3. The lowest BCUT2D eigenvalue weighted by Gasteiger charge is -2.37. The molecule has 3 aliphatic rings. The van der Waals surface area contributed by atoms with E-state index in [1.165, 1.54) is 12.1 Å². The summed E-state index contributed by atoms with van der Waals surface area (Å²) in [7, 11) is 0. The van der Waals surface area contributed by atoms with E-state index in [0.717, 1.165) is 11.4 Å². The van der Waals surface area contributed by atoms with Gasteiger partial charge in [-0.05, 0) is 36.4 Å². The van der Waals surface area contributed by atoms with Gasteiger partial charge in [-0.15, -0.1) is 0 Å². The van der Waals surface area contributed by atoms with Crippen LogP contribution in [0, 0.1) is 11.7 Å². The third-order valence-corrected chi connectivity index (χ3v) is 6.09. The molecular weight excluding hydrogens is 401 g/mol. The van der Waals surface area contributed by atoms with Gasteiger partial charge in [0, 0.05) is 56.6 Å². The second-order valence-corrected chi connectivity index (χ2v) is 8.02. The van der Waals surface area contributed by atoms with Crippen LogP contribution in [0.1, 0.15) is 6.42 Å². The van der Waals surface area contributed by atoms with Crippen molar-refractivity contribution in [1.82, 2.24) is 4.90 Å². The lowest BCUT2D eigenvalue weighted by atomic mass is 10.1. The van der Waals surface area contributed by atoms with E-state index in [9.17, 15) is 14.0 Å². The quantitative estimate of drug-likeness (QED) is 0.755. The van der Waals surface area contributed by atoms with Gasteiger partial charge in [-0.2, -0.15) is 0 Å². The lowest BCUT2D eigenvalue weighted by molar-refractivity contribution is -0.136. The maximum atomic E-state index is 13.1. The highest BCUT2D eigenvalue weighted by Crippen LogP contribution is 2.36. The highest BCUT2D eigenvalue weighted by Gasteiger charge is 2.38. The minimum absolute atomic E-state index is 0.0205. The molecule has 2 aromatic rings. The van der Waals surface area contributed by atoms with Gasteiger partial charge in [-0.25, -0.2) is 4.39 Å². The zero-order valence-corrected chi connectivity index (χ0v) is 17.1. The summed E-state index contributed by atoms with van der Waals surface area (Å²) in [4.78, 5) is 31.4.